The van der Waals surface area contributed by atoms with Gasteiger partial charge in [-0.2, -0.15) is 0 Å². The van der Waals surface area contributed by atoms with Gasteiger partial charge in [0.05, 0.1) is 19.4 Å². The number of hydrazine groups is 1. The van der Waals surface area contributed by atoms with E-state index in [0.717, 1.165) is 26.3 Å². The van der Waals surface area contributed by atoms with Gasteiger partial charge in [-0.05, 0) is 13.0 Å². The molecule has 1 aliphatic rings. The van der Waals surface area contributed by atoms with Crippen molar-refractivity contribution < 1.29 is 4.74 Å². The third kappa shape index (κ3) is 5.45. The first-order valence-electron chi connectivity index (χ1n) is 4.31. The van der Waals surface area contributed by atoms with E-state index < -0.39 is 0 Å². The molecular formula is C7H20N4O. The lowest BCUT2D eigenvalue weighted by Crippen LogP contribution is -2.50. The highest BCUT2D eigenvalue weighted by atomic mass is 16.5. The zero-order valence-corrected chi connectivity index (χ0v) is 7.68. The number of morpholine rings is 1. The summed E-state index contributed by atoms with van der Waals surface area (Å²) in [6.07, 6.45) is 1.56. The smallest absolute Gasteiger partial charge is 0.0814 e. The van der Waals surface area contributed by atoms with Gasteiger partial charge >= 0.3 is 0 Å². The summed E-state index contributed by atoms with van der Waals surface area (Å²) < 4.78 is 5.25. The number of rotatable bonds is 3. The molecule has 5 heteroatoms. The summed E-state index contributed by atoms with van der Waals surface area (Å²) in [4.78, 5) is 0. The normalized spacial score (nSPS) is 22.8. The van der Waals surface area contributed by atoms with E-state index in [-0.39, 0.29) is 0 Å². The average molecular weight is 176 g/mol. The summed E-state index contributed by atoms with van der Waals surface area (Å²) in [6.45, 7) is 5.86. The van der Waals surface area contributed by atoms with Crippen LogP contribution >= 0.6 is 0 Å². The topological polar surface area (TPSA) is 85.3 Å². The predicted molar refractivity (Wildman–Crippen MR) is 49.3 cm³/mol. The maximum Gasteiger partial charge on any atom is 0.0814 e. The molecule has 1 fully saturated rings. The van der Waals surface area contributed by atoms with Gasteiger partial charge in [-0.15, -0.1) is 0 Å². The van der Waals surface area contributed by atoms with Gasteiger partial charge in [-0.1, -0.05) is 6.92 Å². The van der Waals surface area contributed by atoms with Crippen molar-refractivity contribution in [2.45, 2.75) is 19.5 Å². The third-order valence-corrected chi connectivity index (χ3v) is 1.56. The van der Waals surface area contributed by atoms with Gasteiger partial charge < -0.3 is 4.74 Å². The molecule has 0 aromatic heterocycles. The first kappa shape index (κ1) is 11.8. The second-order valence-corrected chi connectivity index (χ2v) is 2.54. The number of nitrogens with two attached hydrogens (primary N) is 2. The Labute approximate surface area is 73.8 Å². The summed E-state index contributed by atoms with van der Waals surface area (Å²) in [5.74, 6) is 8.00. The van der Waals surface area contributed by atoms with E-state index in [0.29, 0.717) is 6.17 Å². The van der Waals surface area contributed by atoms with Crippen LogP contribution in [0.25, 0.3) is 0 Å². The quantitative estimate of drug-likeness (QED) is 0.319. The molecule has 0 aromatic rings. The van der Waals surface area contributed by atoms with E-state index >= 15 is 0 Å². The molecule has 1 rings (SSSR count). The van der Waals surface area contributed by atoms with Crippen LogP contribution in [0.1, 0.15) is 13.3 Å². The van der Waals surface area contributed by atoms with Gasteiger partial charge in [0.1, 0.15) is 0 Å². The van der Waals surface area contributed by atoms with Crippen LogP contribution in [0.2, 0.25) is 0 Å². The number of hydrogen-bond donors (Lipinski definition) is 4. The molecule has 74 valence electrons. The number of hydrogen-bond acceptors (Lipinski definition) is 5. The Morgan fingerprint density at radius 1 is 1.58 bits per heavy atom. The molecule has 5 nitrogen and oxygen atoms in total. The SMILES string of the molecule is CCCNC1COCCN1.NN. The van der Waals surface area contributed by atoms with Crippen molar-refractivity contribution in [1.29, 1.82) is 0 Å². The first-order chi connectivity index (χ1) is 5.93. The van der Waals surface area contributed by atoms with E-state index in [1.54, 1.807) is 0 Å². The van der Waals surface area contributed by atoms with Gasteiger partial charge in [0.15, 0.2) is 0 Å². The van der Waals surface area contributed by atoms with Gasteiger partial charge in [-0.3, -0.25) is 22.3 Å². The van der Waals surface area contributed by atoms with E-state index in [1.165, 1.54) is 6.42 Å². The molecule has 0 aliphatic carbocycles. The first-order valence-corrected chi connectivity index (χ1v) is 4.31. The van der Waals surface area contributed by atoms with Crippen molar-refractivity contribution in [2.24, 2.45) is 11.7 Å². The maximum absolute atomic E-state index is 5.25. The van der Waals surface area contributed by atoms with Crippen molar-refractivity contribution in [1.82, 2.24) is 10.6 Å². The Morgan fingerprint density at radius 3 is 2.83 bits per heavy atom. The van der Waals surface area contributed by atoms with E-state index in [9.17, 15) is 0 Å². The van der Waals surface area contributed by atoms with Crippen LogP contribution in [0.5, 0.6) is 0 Å². The van der Waals surface area contributed by atoms with E-state index in [4.69, 9.17) is 4.74 Å². The van der Waals surface area contributed by atoms with E-state index in [1.807, 2.05) is 0 Å². The second-order valence-electron chi connectivity index (χ2n) is 2.54. The summed E-state index contributed by atoms with van der Waals surface area (Å²) in [5, 5.41) is 6.65. The molecule has 0 bridgehead atoms. The van der Waals surface area contributed by atoms with E-state index in [2.05, 4.69) is 29.2 Å². The molecular weight excluding hydrogens is 156 g/mol. The number of nitrogens with one attached hydrogen (secondary N) is 2. The highest BCUT2D eigenvalue weighted by Crippen LogP contribution is 1.88. The molecule has 0 aromatic carbocycles. The Kier molecular flexibility index (Phi) is 8.74. The lowest BCUT2D eigenvalue weighted by atomic mass is 10.4. The van der Waals surface area contributed by atoms with Crippen LogP contribution in [0.15, 0.2) is 0 Å². The van der Waals surface area contributed by atoms with Crippen LogP contribution in [0.4, 0.5) is 0 Å². The average Bonchev–Trinajstić information content (AvgIpc) is 2.19. The second kappa shape index (κ2) is 8.89. The predicted octanol–water partition coefficient (Wildman–Crippen LogP) is -1.25. The Balaban J connectivity index is 0.000000561. The fourth-order valence-electron chi connectivity index (χ4n) is 1.02. The van der Waals surface area contributed by atoms with Crippen LogP contribution in [-0.4, -0.2) is 32.5 Å². The van der Waals surface area contributed by atoms with Gasteiger partial charge in [0.25, 0.3) is 0 Å². The summed E-state index contributed by atoms with van der Waals surface area (Å²) in [7, 11) is 0. The zero-order valence-electron chi connectivity index (χ0n) is 7.68. The zero-order chi connectivity index (χ0) is 9.23. The van der Waals surface area contributed by atoms with Gasteiger partial charge in [-0.25, -0.2) is 0 Å². The van der Waals surface area contributed by atoms with Crippen molar-refractivity contribution in [3.05, 3.63) is 0 Å². The Bertz CT molecular complexity index is 85.5. The van der Waals surface area contributed by atoms with Gasteiger partial charge in [0.2, 0.25) is 0 Å². The molecule has 12 heavy (non-hydrogen) atoms. The molecule has 6 N–H and O–H groups in total. The van der Waals surface area contributed by atoms with Crippen molar-refractivity contribution in [2.75, 3.05) is 26.3 Å². The highest BCUT2D eigenvalue weighted by Gasteiger charge is 2.09. The lowest BCUT2D eigenvalue weighted by molar-refractivity contribution is 0.0660. The summed E-state index contributed by atoms with van der Waals surface area (Å²) in [6, 6.07) is 0. The molecule has 0 amide bonds. The molecule has 1 aliphatic heterocycles. The number of ether oxygens (including phenoxy) is 1. The standard InChI is InChI=1S/C7H16N2O.H4N2/c1-2-3-8-7-6-10-5-4-9-7;1-2/h7-9H,2-6H2,1H3;1-2H2. The minimum atomic E-state index is 0.383. The van der Waals surface area contributed by atoms with Crippen LogP contribution in [0, 0.1) is 0 Å². The van der Waals surface area contributed by atoms with Crippen LogP contribution in [0.3, 0.4) is 0 Å². The molecule has 0 saturated carbocycles. The third-order valence-electron chi connectivity index (χ3n) is 1.56. The summed E-state index contributed by atoms with van der Waals surface area (Å²) >= 11 is 0. The lowest BCUT2D eigenvalue weighted by Gasteiger charge is -2.24. The maximum atomic E-state index is 5.25. The monoisotopic (exact) mass is 176 g/mol. The molecule has 1 heterocycles. The van der Waals surface area contributed by atoms with Crippen LogP contribution in [-0.2, 0) is 4.74 Å². The molecule has 1 unspecified atom stereocenters. The highest BCUT2D eigenvalue weighted by molar-refractivity contribution is 4.66. The van der Waals surface area contributed by atoms with Crippen LogP contribution < -0.4 is 22.3 Å². The molecule has 1 atom stereocenters. The minimum absolute atomic E-state index is 0.383. The van der Waals surface area contributed by atoms with Crippen molar-refractivity contribution >= 4 is 0 Å². The molecule has 1 saturated heterocycles. The Hall–Kier alpha value is -0.200. The largest absolute Gasteiger partial charge is 0.377 e. The van der Waals surface area contributed by atoms with Gasteiger partial charge in [0, 0.05) is 6.54 Å². The molecule has 0 radical (unpaired) electrons. The molecule has 0 spiro atoms. The fourth-order valence-corrected chi connectivity index (χ4v) is 1.02. The summed E-state index contributed by atoms with van der Waals surface area (Å²) in [5.41, 5.74) is 0. The van der Waals surface area contributed by atoms with Crippen molar-refractivity contribution in [3.63, 3.8) is 0 Å². The minimum Gasteiger partial charge on any atom is -0.377 e. The fraction of sp³-hybridized carbons (Fsp3) is 1.00. The van der Waals surface area contributed by atoms with Crippen molar-refractivity contribution in [3.8, 4) is 0 Å². The Morgan fingerprint density at radius 2 is 2.33 bits per heavy atom.